The minimum absolute atomic E-state index is 0.0337. The summed E-state index contributed by atoms with van der Waals surface area (Å²) in [6.45, 7) is 8.06. The van der Waals surface area contributed by atoms with Crippen LogP contribution in [0.4, 0.5) is 0 Å². The van der Waals surface area contributed by atoms with Gasteiger partial charge < -0.3 is 5.32 Å². The van der Waals surface area contributed by atoms with Gasteiger partial charge in [-0.05, 0) is 20.3 Å². The number of hydrogen-bond acceptors (Lipinski definition) is 1. The molecule has 0 aromatic carbocycles. The zero-order chi connectivity index (χ0) is 13.1. The molecule has 0 aliphatic rings. The Morgan fingerprint density at radius 2 is 1.41 bits per heavy atom. The summed E-state index contributed by atoms with van der Waals surface area (Å²) in [7, 11) is 0. The van der Waals surface area contributed by atoms with Crippen LogP contribution < -0.4 is 5.32 Å². The minimum Gasteiger partial charge on any atom is -0.351 e. The highest BCUT2D eigenvalue weighted by Crippen LogP contribution is 2.15. The van der Waals surface area contributed by atoms with Gasteiger partial charge in [-0.25, -0.2) is 0 Å². The molecule has 2 nitrogen and oxygen atoms in total. The van der Waals surface area contributed by atoms with Gasteiger partial charge in [-0.3, -0.25) is 4.79 Å². The van der Waals surface area contributed by atoms with E-state index in [1.165, 1.54) is 51.4 Å². The fourth-order valence-electron chi connectivity index (χ4n) is 2.24. The molecule has 17 heavy (non-hydrogen) atoms. The highest BCUT2D eigenvalue weighted by atomic mass is 16.1. The van der Waals surface area contributed by atoms with Gasteiger partial charge in [-0.15, -0.1) is 0 Å². The first-order valence-electron chi connectivity index (χ1n) is 7.26. The maximum absolute atomic E-state index is 11.0. The summed E-state index contributed by atoms with van der Waals surface area (Å²) in [5.74, 6) is 0.0783. The molecule has 0 aliphatic heterocycles. The van der Waals surface area contributed by atoms with Gasteiger partial charge in [0.1, 0.15) is 0 Å². The average Bonchev–Trinajstić information content (AvgIpc) is 2.20. The topological polar surface area (TPSA) is 29.1 Å². The van der Waals surface area contributed by atoms with Crippen molar-refractivity contribution in [3.63, 3.8) is 0 Å². The fraction of sp³-hybridized carbons (Fsp3) is 0.933. The van der Waals surface area contributed by atoms with E-state index in [0.717, 1.165) is 6.42 Å². The molecule has 1 amide bonds. The van der Waals surface area contributed by atoms with Crippen LogP contribution in [0.25, 0.3) is 0 Å². The number of carbonyl (C=O) groups excluding carboxylic acids is 1. The molecule has 1 N–H and O–H groups in total. The Balaban J connectivity index is 3.35. The zero-order valence-corrected chi connectivity index (χ0v) is 12.3. The Hall–Kier alpha value is -0.530. The summed E-state index contributed by atoms with van der Waals surface area (Å²) < 4.78 is 0. The number of unbranched alkanes of at least 4 members (excludes halogenated alkanes) is 7. The van der Waals surface area contributed by atoms with E-state index >= 15 is 0 Å². The van der Waals surface area contributed by atoms with Crippen molar-refractivity contribution in [1.29, 1.82) is 0 Å². The molecule has 0 aliphatic carbocycles. The summed E-state index contributed by atoms with van der Waals surface area (Å²) in [6, 6.07) is 0. The third-order valence-corrected chi connectivity index (χ3v) is 3.17. The second-order valence-corrected chi connectivity index (χ2v) is 5.79. The lowest BCUT2D eigenvalue weighted by atomic mass is 9.96. The predicted molar refractivity (Wildman–Crippen MR) is 75.1 cm³/mol. The average molecular weight is 241 g/mol. The second kappa shape index (κ2) is 9.49. The summed E-state index contributed by atoms with van der Waals surface area (Å²) in [6.07, 6.45) is 11.8. The molecule has 0 radical (unpaired) electrons. The third kappa shape index (κ3) is 11.7. The molecule has 0 aromatic heterocycles. The number of rotatable bonds is 10. The monoisotopic (exact) mass is 241 g/mol. The van der Waals surface area contributed by atoms with Crippen LogP contribution in [0, 0.1) is 0 Å². The van der Waals surface area contributed by atoms with E-state index in [9.17, 15) is 4.79 Å². The van der Waals surface area contributed by atoms with Gasteiger partial charge in [-0.1, -0.05) is 58.3 Å². The molecular weight excluding hydrogens is 210 g/mol. The summed E-state index contributed by atoms with van der Waals surface area (Å²) in [5.41, 5.74) is -0.0337. The lowest BCUT2D eigenvalue weighted by Gasteiger charge is -2.25. The lowest BCUT2D eigenvalue weighted by molar-refractivity contribution is -0.120. The third-order valence-electron chi connectivity index (χ3n) is 3.17. The van der Waals surface area contributed by atoms with Gasteiger partial charge in [-0.2, -0.15) is 0 Å². The molecule has 0 atom stereocenters. The molecule has 0 bridgehead atoms. The fourth-order valence-corrected chi connectivity index (χ4v) is 2.24. The molecule has 102 valence electrons. The van der Waals surface area contributed by atoms with Gasteiger partial charge in [0.15, 0.2) is 0 Å². The first-order valence-corrected chi connectivity index (χ1v) is 7.26. The Morgan fingerprint density at radius 3 is 1.88 bits per heavy atom. The van der Waals surface area contributed by atoms with Crippen LogP contribution >= 0.6 is 0 Å². The Labute approximate surface area is 108 Å². The van der Waals surface area contributed by atoms with Crippen LogP contribution in [0.3, 0.4) is 0 Å². The Bertz CT molecular complexity index is 199. The molecular formula is C15H31NO. The maximum Gasteiger partial charge on any atom is 0.217 e. The van der Waals surface area contributed by atoms with E-state index in [2.05, 4.69) is 26.1 Å². The van der Waals surface area contributed by atoms with Crippen molar-refractivity contribution in [2.24, 2.45) is 0 Å². The molecule has 0 heterocycles. The molecule has 0 rings (SSSR count). The van der Waals surface area contributed by atoms with Crippen molar-refractivity contribution in [3.05, 3.63) is 0 Å². The van der Waals surface area contributed by atoms with Crippen molar-refractivity contribution in [3.8, 4) is 0 Å². The highest BCUT2D eigenvalue weighted by molar-refractivity contribution is 5.73. The number of nitrogens with one attached hydrogen (secondary N) is 1. The number of amides is 1. The van der Waals surface area contributed by atoms with Crippen LogP contribution in [0.1, 0.15) is 85.5 Å². The summed E-state index contributed by atoms with van der Waals surface area (Å²) in [5, 5.41) is 3.00. The van der Waals surface area contributed by atoms with E-state index < -0.39 is 0 Å². The smallest absolute Gasteiger partial charge is 0.217 e. The van der Waals surface area contributed by atoms with Crippen LogP contribution in [0.5, 0.6) is 0 Å². The normalized spacial score (nSPS) is 11.5. The molecule has 2 heteroatoms. The van der Waals surface area contributed by atoms with Gasteiger partial charge in [0, 0.05) is 12.5 Å². The Kier molecular flexibility index (Phi) is 9.20. The molecule has 0 fully saturated rings. The standard InChI is InChI=1S/C15H31NO/c1-5-6-7-8-9-10-11-12-13-15(3,4)16-14(2)17/h5-13H2,1-4H3,(H,16,17). The van der Waals surface area contributed by atoms with Gasteiger partial charge in [0.05, 0.1) is 0 Å². The quantitative estimate of drug-likeness (QED) is 0.563. The van der Waals surface area contributed by atoms with Crippen molar-refractivity contribution < 1.29 is 4.79 Å². The minimum atomic E-state index is -0.0337. The summed E-state index contributed by atoms with van der Waals surface area (Å²) >= 11 is 0. The van der Waals surface area contributed by atoms with Crippen molar-refractivity contribution in [2.75, 3.05) is 0 Å². The highest BCUT2D eigenvalue weighted by Gasteiger charge is 2.17. The maximum atomic E-state index is 11.0. The van der Waals surface area contributed by atoms with Crippen LogP contribution in [-0.2, 0) is 4.79 Å². The molecule has 0 unspecified atom stereocenters. The van der Waals surface area contributed by atoms with Crippen LogP contribution in [0.2, 0.25) is 0 Å². The van der Waals surface area contributed by atoms with E-state index in [4.69, 9.17) is 0 Å². The second-order valence-electron chi connectivity index (χ2n) is 5.79. The van der Waals surface area contributed by atoms with E-state index in [1.54, 1.807) is 6.92 Å². The van der Waals surface area contributed by atoms with Gasteiger partial charge in [0.2, 0.25) is 5.91 Å². The van der Waals surface area contributed by atoms with Crippen molar-refractivity contribution >= 4 is 5.91 Å². The summed E-state index contributed by atoms with van der Waals surface area (Å²) in [4.78, 5) is 11.0. The molecule has 0 aromatic rings. The van der Waals surface area contributed by atoms with Gasteiger partial charge in [0.25, 0.3) is 0 Å². The number of hydrogen-bond donors (Lipinski definition) is 1. The van der Waals surface area contributed by atoms with Crippen LogP contribution in [-0.4, -0.2) is 11.4 Å². The first kappa shape index (κ1) is 16.5. The first-order chi connectivity index (χ1) is 7.98. The van der Waals surface area contributed by atoms with E-state index in [1.807, 2.05) is 0 Å². The molecule has 0 saturated carbocycles. The largest absolute Gasteiger partial charge is 0.351 e. The zero-order valence-electron chi connectivity index (χ0n) is 12.3. The molecule has 0 spiro atoms. The van der Waals surface area contributed by atoms with E-state index in [-0.39, 0.29) is 11.4 Å². The van der Waals surface area contributed by atoms with Gasteiger partial charge >= 0.3 is 0 Å². The number of carbonyl (C=O) groups is 1. The Morgan fingerprint density at radius 1 is 0.941 bits per heavy atom. The predicted octanol–water partition coefficient (Wildman–Crippen LogP) is 4.43. The molecule has 0 saturated heterocycles. The van der Waals surface area contributed by atoms with Crippen molar-refractivity contribution in [2.45, 2.75) is 91.0 Å². The van der Waals surface area contributed by atoms with E-state index in [0.29, 0.717) is 0 Å². The van der Waals surface area contributed by atoms with Crippen LogP contribution in [0.15, 0.2) is 0 Å². The lowest BCUT2D eigenvalue weighted by Crippen LogP contribution is -2.42. The SMILES string of the molecule is CCCCCCCCCCC(C)(C)NC(C)=O. The van der Waals surface area contributed by atoms with Crippen molar-refractivity contribution in [1.82, 2.24) is 5.32 Å².